The number of aryl methyl sites for hydroxylation is 4. The van der Waals surface area contributed by atoms with E-state index in [4.69, 9.17) is 9.72 Å². The van der Waals surface area contributed by atoms with Crippen molar-refractivity contribution in [1.82, 2.24) is 14.9 Å². The Bertz CT molecular complexity index is 1260. The summed E-state index contributed by atoms with van der Waals surface area (Å²) >= 11 is 0. The summed E-state index contributed by atoms with van der Waals surface area (Å²) < 4.78 is 8.30. The van der Waals surface area contributed by atoms with Gasteiger partial charge in [0.05, 0.1) is 17.6 Å². The smallest absolute Gasteiger partial charge is 0.251 e. The molecule has 0 unspecified atom stereocenters. The van der Waals surface area contributed by atoms with E-state index < -0.39 is 0 Å². The number of carbonyl (C=O) groups is 1. The van der Waals surface area contributed by atoms with E-state index in [0.29, 0.717) is 13.2 Å². The molecule has 0 radical (unpaired) electrons. The SMILES string of the molecule is Cc1cccc(OCCCn2c(CCCCCNC(=O)c3ccccc3C)nc3ccccc32)c1. The molecular formula is C30H35N3O2. The average Bonchev–Trinajstić information content (AvgIpc) is 3.21. The van der Waals surface area contributed by atoms with Crippen molar-refractivity contribution in [1.29, 1.82) is 0 Å². The van der Waals surface area contributed by atoms with Crippen LogP contribution in [-0.2, 0) is 13.0 Å². The first-order chi connectivity index (χ1) is 17.1. The number of ether oxygens (including phenoxy) is 1. The van der Waals surface area contributed by atoms with Crippen LogP contribution in [0.1, 0.15) is 53.0 Å². The summed E-state index contributed by atoms with van der Waals surface area (Å²) in [5.41, 5.74) is 5.21. The predicted molar refractivity (Wildman–Crippen MR) is 142 cm³/mol. The van der Waals surface area contributed by atoms with Crippen LogP contribution >= 0.6 is 0 Å². The molecule has 0 aliphatic rings. The van der Waals surface area contributed by atoms with Crippen LogP contribution in [0.15, 0.2) is 72.8 Å². The number of para-hydroxylation sites is 2. The molecular weight excluding hydrogens is 434 g/mol. The minimum Gasteiger partial charge on any atom is -0.494 e. The Morgan fingerprint density at radius 3 is 2.60 bits per heavy atom. The number of carbonyl (C=O) groups excluding carboxylic acids is 1. The second kappa shape index (κ2) is 12.2. The molecule has 0 bridgehead atoms. The molecule has 4 rings (SSSR count). The van der Waals surface area contributed by atoms with Crippen molar-refractivity contribution in [2.45, 2.75) is 52.5 Å². The van der Waals surface area contributed by atoms with E-state index in [9.17, 15) is 4.79 Å². The van der Waals surface area contributed by atoms with Crippen LogP contribution in [0.5, 0.6) is 5.75 Å². The highest BCUT2D eigenvalue weighted by Gasteiger charge is 2.11. The van der Waals surface area contributed by atoms with Crippen LogP contribution in [0.3, 0.4) is 0 Å². The summed E-state index contributed by atoms with van der Waals surface area (Å²) in [6.07, 6.45) is 4.91. The topological polar surface area (TPSA) is 56.1 Å². The number of benzene rings is 3. The van der Waals surface area contributed by atoms with Gasteiger partial charge in [0.2, 0.25) is 0 Å². The number of hydrogen-bond donors (Lipinski definition) is 1. The number of hydrogen-bond acceptors (Lipinski definition) is 3. The van der Waals surface area contributed by atoms with Gasteiger partial charge in [-0.15, -0.1) is 0 Å². The van der Waals surface area contributed by atoms with Gasteiger partial charge in [-0.1, -0.05) is 48.9 Å². The highest BCUT2D eigenvalue weighted by Crippen LogP contribution is 2.19. The first kappa shape index (κ1) is 24.5. The highest BCUT2D eigenvalue weighted by molar-refractivity contribution is 5.95. The van der Waals surface area contributed by atoms with Crippen molar-refractivity contribution in [2.24, 2.45) is 0 Å². The minimum atomic E-state index is 0.0118. The number of unbranched alkanes of at least 4 members (excludes halogenated alkanes) is 2. The summed E-state index contributed by atoms with van der Waals surface area (Å²) in [7, 11) is 0. The molecule has 5 nitrogen and oxygen atoms in total. The van der Waals surface area contributed by atoms with Gasteiger partial charge in [0, 0.05) is 25.1 Å². The van der Waals surface area contributed by atoms with Crippen LogP contribution in [0, 0.1) is 13.8 Å². The molecule has 4 aromatic rings. The number of nitrogens with zero attached hydrogens (tertiary/aromatic N) is 2. The molecule has 3 aromatic carbocycles. The van der Waals surface area contributed by atoms with Gasteiger partial charge in [-0.2, -0.15) is 0 Å². The standard InChI is InChI=1S/C30H35N3O2/c1-23-12-10-14-25(22-23)35-21-11-20-33-28-17-8-7-16-27(28)32-29(33)18-4-3-9-19-31-30(34)26-15-6-5-13-24(26)2/h5-8,10,12-17,22H,3-4,9,11,18-21H2,1-2H3,(H,31,34). The maximum absolute atomic E-state index is 12.4. The number of amides is 1. The molecule has 182 valence electrons. The Kier molecular flexibility index (Phi) is 8.55. The molecule has 0 saturated heterocycles. The molecule has 0 fully saturated rings. The monoisotopic (exact) mass is 469 g/mol. The molecule has 0 spiro atoms. The fourth-order valence-corrected chi connectivity index (χ4v) is 4.39. The van der Waals surface area contributed by atoms with Crippen molar-refractivity contribution in [3.8, 4) is 5.75 Å². The van der Waals surface area contributed by atoms with Crippen LogP contribution < -0.4 is 10.1 Å². The number of nitrogens with one attached hydrogen (secondary N) is 1. The molecule has 5 heteroatoms. The molecule has 0 aliphatic heterocycles. The normalized spacial score (nSPS) is 11.0. The summed E-state index contributed by atoms with van der Waals surface area (Å²) in [6.45, 7) is 6.30. The average molecular weight is 470 g/mol. The fourth-order valence-electron chi connectivity index (χ4n) is 4.39. The first-order valence-electron chi connectivity index (χ1n) is 12.6. The van der Waals surface area contributed by atoms with Gasteiger partial charge in [-0.3, -0.25) is 4.79 Å². The maximum Gasteiger partial charge on any atom is 0.251 e. The van der Waals surface area contributed by atoms with Crippen molar-refractivity contribution in [3.05, 3.63) is 95.3 Å². The molecule has 0 saturated carbocycles. The molecule has 1 amide bonds. The lowest BCUT2D eigenvalue weighted by molar-refractivity contribution is 0.0952. The Labute approximate surface area is 208 Å². The van der Waals surface area contributed by atoms with Crippen LogP contribution in [0.25, 0.3) is 11.0 Å². The molecule has 35 heavy (non-hydrogen) atoms. The highest BCUT2D eigenvalue weighted by atomic mass is 16.5. The van der Waals surface area contributed by atoms with Gasteiger partial charge in [0.15, 0.2) is 0 Å². The second-order valence-electron chi connectivity index (χ2n) is 9.07. The van der Waals surface area contributed by atoms with Crippen molar-refractivity contribution in [2.75, 3.05) is 13.2 Å². The summed E-state index contributed by atoms with van der Waals surface area (Å²) in [6, 6.07) is 24.2. The Morgan fingerprint density at radius 2 is 1.74 bits per heavy atom. The molecule has 1 N–H and O–H groups in total. The van der Waals surface area contributed by atoms with Crippen LogP contribution in [0.4, 0.5) is 0 Å². The number of aromatic nitrogens is 2. The van der Waals surface area contributed by atoms with E-state index in [1.807, 2.05) is 49.4 Å². The van der Waals surface area contributed by atoms with Gasteiger partial charge >= 0.3 is 0 Å². The van der Waals surface area contributed by atoms with Gasteiger partial charge in [0.25, 0.3) is 5.91 Å². The Morgan fingerprint density at radius 1 is 0.914 bits per heavy atom. The third kappa shape index (κ3) is 6.72. The summed E-state index contributed by atoms with van der Waals surface area (Å²) in [4.78, 5) is 17.3. The number of rotatable bonds is 12. The van der Waals surface area contributed by atoms with E-state index in [-0.39, 0.29) is 5.91 Å². The van der Waals surface area contributed by atoms with Crippen LogP contribution in [0.2, 0.25) is 0 Å². The van der Waals surface area contributed by atoms with E-state index >= 15 is 0 Å². The quantitative estimate of drug-likeness (QED) is 0.249. The first-order valence-corrected chi connectivity index (χ1v) is 12.6. The lowest BCUT2D eigenvalue weighted by Crippen LogP contribution is -2.25. The zero-order valence-electron chi connectivity index (χ0n) is 20.8. The van der Waals surface area contributed by atoms with Gasteiger partial charge in [0.1, 0.15) is 11.6 Å². The fraction of sp³-hybridized carbons (Fsp3) is 0.333. The number of imidazole rings is 1. The predicted octanol–water partition coefficient (Wildman–Crippen LogP) is 6.27. The largest absolute Gasteiger partial charge is 0.494 e. The van der Waals surface area contributed by atoms with E-state index in [1.54, 1.807) is 0 Å². The third-order valence-electron chi connectivity index (χ3n) is 6.27. The summed E-state index contributed by atoms with van der Waals surface area (Å²) in [5, 5.41) is 3.05. The maximum atomic E-state index is 12.4. The van der Waals surface area contributed by atoms with Gasteiger partial charge in [-0.05, 0) is 74.6 Å². The molecule has 1 heterocycles. The Hall–Kier alpha value is -3.60. The van der Waals surface area contributed by atoms with Gasteiger partial charge < -0.3 is 14.6 Å². The van der Waals surface area contributed by atoms with Crippen molar-refractivity contribution < 1.29 is 9.53 Å². The second-order valence-corrected chi connectivity index (χ2v) is 9.07. The third-order valence-corrected chi connectivity index (χ3v) is 6.27. The molecule has 0 aliphatic carbocycles. The minimum absolute atomic E-state index is 0.0118. The molecule has 1 aromatic heterocycles. The van der Waals surface area contributed by atoms with Crippen LogP contribution in [-0.4, -0.2) is 28.6 Å². The van der Waals surface area contributed by atoms with E-state index in [2.05, 4.69) is 47.1 Å². The van der Waals surface area contributed by atoms with E-state index in [0.717, 1.165) is 66.9 Å². The lowest BCUT2D eigenvalue weighted by Gasteiger charge is -2.11. The zero-order valence-corrected chi connectivity index (χ0v) is 20.8. The van der Waals surface area contributed by atoms with Crippen molar-refractivity contribution in [3.63, 3.8) is 0 Å². The Balaban J connectivity index is 1.25. The molecule has 0 atom stereocenters. The lowest BCUT2D eigenvalue weighted by atomic mass is 10.1. The summed E-state index contributed by atoms with van der Waals surface area (Å²) in [5.74, 6) is 2.07. The zero-order chi connectivity index (χ0) is 24.5. The van der Waals surface area contributed by atoms with Gasteiger partial charge in [-0.25, -0.2) is 4.98 Å². The van der Waals surface area contributed by atoms with Crippen molar-refractivity contribution >= 4 is 16.9 Å². The number of fused-ring (bicyclic) bond motifs is 1. The van der Waals surface area contributed by atoms with E-state index in [1.165, 1.54) is 11.1 Å².